The topological polar surface area (TPSA) is 68.9 Å². The average molecular weight is 477 g/mol. The Labute approximate surface area is 188 Å². The van der Waals surface area contributed by atoms with Crippen LogP contribution in [0.15, 0.2) is 36.7 Å². The minimum absolute atomic E-state index is 0.0123. The Morgan fingerprint density at radius 2 is 1.91 bits per heavy atom. The number of hydrogen-bond donors (Lipinski definition) is 1. The average Bonchev–Trinajstić information content (AvgIpc) is 3.25. The highest BCUT2D eigenvalue weighted by Crippen LogP contribution is 2.46. The van der Waals surface area contributed by atoms with Crippen molar-refractivity contribution in [1.82, 2.24) is 13.5 Å². The number of rotatable bonds is 2. The zero-order valence-electron chi connectivity index (χ0n) is 17.7. The van der Waals surface area contributed by atoms with Crippen molar-refractivity contribution in [1.29, 1.82) is 0 Å². The maximum atomic E-state index is 16.2. The number of anilines is 1. The van der Waals surface area contributed by atoms with Crippen molar-refractivity contribution in [3.63, 3.8) is 0 Å². The van der Waals surface area contributed by atoms with E-state index >= 15 is 4.39 Å². The van der Waals surface area contributed by atoms with Gasteiger partial charge in [0, 0.05) is 29.0 Å². The standard InChI is InChI=1S/C22H19ClF2N4O2S/c1-11-10-26-21-22(2,3)27-16-9-15(23)18(19(25)20(16)29(11)21)14-7-12(24)8-17-13(14)5-6-28(17)32(4,30)31/h5-10,27H,1-4H3. The van der Waals surface area contributed by atoms with Gasteiger partial charge in [-0.1, -0.05) is 11.6 Å². The van der Waals surface area contributed by atoms with E-state index in [0.717, 1.165) is 28.1 Å². The molecule has 32 heavy (non-hydrogen) atoms. The van der Waals surface area contributed by atoms with Crippen LogP contribution in [-0.2, 0) is 15.6 Å². The Morgan fingerprint density at radius 3 is 2.59 bits per heavy atom. The summed E-state index contributed by atoms with van der Waals surface area (Å²) < 4.78 is 57.7. The van der Waals surface area contributed by atoms with Crippen LogP contribution < -0.4 is 5.32 Å². The van der Waals surface area contributed by atoms with Crippen molar-refractivity contribution < 1.29 is 17.2 Å². The Hall–Kier alpha value is -2.91. The van der Waals surface area contributed by atoms with E-state index in [1.807, 2.05) is 20.8 Å². The minimum atomic E-state index is -3.69. The van der Waals surface area contributed by atoms with Crippen molar-refractivity contribution >= 4 is 38.2 Å². The van der Waals surface area contributed by atoms with Gasteiger partial charge in [-0.3, -0.25) is 4.57 Å². The SMILES string of the molecule is Cc1cnc2n1-c1c(cc(Cl)c(-c3cc(F)cc4c3ccn4S(C)(=O)=O)c1F)NC2(C)C. The Bertz CT molecular complexity index is 1550. The van der Waals surface area contributed by atoms with Crippen molar-refractivity contribution in [3.05, 3.63) is 64.8 Å². The predicted octanol–water partition coefficient (Wildman–Crippen LogP) is 5.20. The highest BCUT2D eigenvalue weighted by atomic mass is 35.5. The lowest BCUT2D eigenvalue weighted by Crippen LogP contribution is -2.36. The summed E-state index contributed by atoms with van der Waals surface area (Å²) in [6, 6.07) is 5.37. The van der Waals surface area contributed by atoms with Gasteiger partial charge in [-0.15, -0.1) is 0 Å². The van der Waals surface area contributed by atoms with Gasteiger partial charge in [0.2, 0.25) is 10.0 Å². The van der Waals surface area contributed by atoms with E-state index in [2.05, 4.69) is 10.3 Å². The second-order valence-corrected chi connectivity index (χ2v) is 10.8. The molecular weight excluding hydrogens is 458 g/mol. The van der Waals surface area contributed by atoms with E-state index < -0.39 is 27.2 Å². The molecule has 0 saturated heterocycles. The predicted molar refractivity (Wildman–Crippen MR) is 121 cm³/mol. The first-order chi connectivity index (χ1) is 14.9. The molecule has 0 amide bonds. The summed E-state index contributed by atoms with van der Waals surface area (Å²) in [6.45, 7) is 5.68. The first-order valence-corrected chi connectivity index (χ1v) is 12.0. The van der Waals surface area contributed by atoms with Crippen LogP contribution in [0.25, 0.3) is 27.7 Å². The molecule has 5 rings (SSSR count). The third kappa shape index (κ3) is 2.87. The Balaban J connectivity index is 1.87. The van der Waals surface area contributed by atoms with Crippen LogP contribution >= 0.6 is 11.6 Å². The van der Waals surface area contributed by atoms with Gasteiger partial charge in [-0.25, -0.2) is 26.2 Å². The van der Waals surface area contributed by atoms with Crippen LogP contribution in [0.2, 0.25) is 5.02 Å². The van der Waals surface area contributed by atoms with Crippen LogP contribution in [0.3, 0.4) is 0 Å². The Morgan fingerprint density at radius 1 is 1.19 bits per heavy atom. The molecule has 0 radical (unpaired) electrons. The van der Waals surface area contributed by atoms with Crippen molar-refractivity contribution in [3.8, 4) is 16.8 Å². The maximum Gasteiger partial charge on any atom is 0.236 e. The first kappa shape index (κ1) is 21.0. The fourth-order valence-corrected chi connectivity index (χ4v) is 5.49. The molecule has 2 aromatic heterocycles. The lowest BCUT2D eigenvalue weighted by Gasteiger charge is -2.35. The quantitative estimate of drug-likeness (QED) is 0.431. The summed E-state index contributed by atoms with van der Waals surface area (Å²) >= 11 is 6.53. The van der Waals surface area contributed by atoms with Crippen molar-refractivity contribution in [2.45, 2.75) is 26.3 Å². The van der Waals surface area contributed by atoms with Crippen molar-refractivity contribution in [2.75, 3.05) is 11.6 Å². The normalized spacial score (nSPS) is 14.8. The number of aromatic nitrogens is 3. The number of imidazole rings is 1. The first-order valence-electron chi connectivity index (χ1n) is 9.77. The summed E-state index contributed by atoms with van der Waals surface area (Å²) in [6.07, 6.45) is 3.99. The molecule has 1 N–H and O–H groups in total. The van der Waals surface area contributed by atoms with Gasteiger partial charge in [0.25, 0.3) is 0 Å². The van der Waals surface area contributed by atoms with Gasteiger partial charge in [-0.2, -0.15) is 0 Å². The number of halogens is 3. The van der Waals surface area contributed by atoms with E-state index in [1.165, 1.54) is 12.3 Å². The maximum absolute atomic E-state index is 16.2. The van der Waals surface area contributed by atoms with Gasteiger partial charge in [0.05, 0.1) is 28.0 Å². The van der Waals surface area contributed by atoms with Crippen LogP contribution in [0.1, 0.15) is 25.4 Å². The van der Waals surface area contributed by atoms with Crippen LogP contribution in [0, 0.1) is 18.6 Å². The van der Waals surface area contributed by atoms with Gasteiger partial charge in [0.1, 0.15) is 17.3 Å². The monoisotopic (exact) mass is 476 g/mol. The van der Waals surface area contributed by atoms with E-state index in [4.69, 9.17) is 11.6 Å². The zero-order valence-corrected chi connectivity index (χ0v) is 19.2. The molecule has 0 unspecified atom stereocenters. The molecule has 1 aliphatic rings. The minimum Gasteiger partial charge on any atom is -0.371 e. The lowest BCUT2D eigenvalue weighted by molar-refractivity contribution is 0.524. The summed E-state index contributed by atoms with van der Waals surface area (Å²) in [5, 5.41) is 3.71. The summed E-state index contributed by atoms with van der Waals surface area (Å²) in [5.74, 6) is -0.734. The molecule has 166 valence electrons. The molecule has 0 spiro atoms. The molecule has 0 aliphatic carbocycles. The van der Waals surface area contributed by atoms with Gasteiger partial charge in [-0.05, 0) is 50.6 Å². The second kappa shape index (κ2) is 6.55. The van der Waals surface area contributed by atoms with Gasteiger partial charge in [0.15, 0.2) is 5.82 Å². The molecule has 6 nitrogen and oxygen atoms in total. The third-order valence-electron chi connectivity index (χ3n) is 5.72. The molecule has 4 aromatic rings. The molecule has 0 fully saturated rings. The molecule has 0 bridgehead atoms. The zero-order chi connectivity index (χ0) is 23.2. The molecule has 3 heterocycles. The number of nitrogens with zero attached hydrogens (tertiary/aromatic N) is 3. The molecule has 0 saturated carbocycles. The van der Waals surface area contributed by atoms with Gasteiger partial charge >= 0.3 is 0 Å². The molecule has 2 aromatic carbocycles. The molecular formula is C22H19ClF2N4O2S. The number of aryl methyl sites for hydroxylation is 1. The number of benzene rings is 2. The molecule has 10 heteroatoms. The summed E-state index contributed by atoms with van der Waals surface area (Å²) in [7, 11) is -3.69. The Kier molecular flexibility index (Phi) is 4.29. The third-order valence-corrected chi connectivity index (χ3v) is 7.06. The van der Waals surface area contributed by atoms with Crippen LogP contribution in [-0.4, -0.2) is 28.2 Å². The van der Waals surface area contributed by atoms with Gasteiger partial charge < -0.3 is 5.32 Å². The number of nitrogens with one attached hydrogen (secondary N) is 1. The fraction of sp³-hybridized carbons (Fsp3) is 0.227. The van der Waals surface area contributed by atoms with E-state index in [0.29, 0.717) is 16.9 Å². The number of hydrogen-bond acceptors (Lipinski definition) is 4. The molecule has 0 atom stereocenters. The summed E-state index contributed by atoms with van der Waals surface area (Å²) in [4.78, 5) is 4.44. The second-order valence-electron chi connectivity index (χ2n) is 8.51. The highest BCUT2D eigenvalue weighted by Gasteiger charge is 2.36. The van der Waals surface area contributed by atoms with Crippen molar-refractivity contribution in [2.24, 2.45) is 0 Å². The number of fused-ring (bicyclic) bond motifs is 4. The van der Waals surface area contributed by atoms with E-state index in [1.54, 1.807) is 16.8 Å². The molecule has 1 aliphatic heterocycles. The fourth-order valence-electron chi connectivity index (χ4n) is 4.40. The smallest absolute Gasteiger partial charge is 0.236 e. The van der Waals surface area contributed by atoms with E-state index in [9.17, 15) is 12.8 Å². The summed E-state index contributed by atoms with van der Waals surface area (Å²) in [5.41, 5.74) is 1.13. The van der Waals surface area contributed by atoms with E-state index in [-0.39, 0.29) is 27.4 Å². The highest BCUT2D eigenvalue weighted by molar-refractivity contribution is 7.89. The van der Waals surface area contributed by atoms with Crippen LogP contribution in [0.5, 0.6) is 0 Å². The lowest BCUT2D eigenvalue weighted by atomic mass is 9.95. The largest absolute Gasteiger partial charge is 0.371 e. The van der Waals surface area contributed by atoms with Crippen LogP contribution in [0.4, 0.5) is 14.5 Å².